The molecule has 0 radical (unpaired) electrons. The van der Waals surface area contributed by atoms with E-state index in [9.17, 15) is 4.79 Å². The van der Waals surface area contributed by atoms with Gasteiger partial charge in [0, 0.05) is 38.7 Å². The van der Waals surface area contributed by atoms with Gasteiger partial charge in [-0.15, -0.1) is 0 Å². The van der Waals surface area contributed by atoms with E-state index in [1.54, 1.807) is 6.07 Å². The summed E-state index contributed by atoms with van der Waals surface area (Å²) in [6.07, 6.45) is 3.01. The second-order valence-electron chi connectivity index (χ2n) is 4.48. The molecule has 18 heavy (non-hydrogen) atoms. The third-order valence-corrected chi connectivity index (χ3v) is 3.21. The van der Waals surface area contributed by atoms with Crippen LogP contribution in [0, 0.1) is 5.92 Å². The van der Waals surface area contributed by atoms with Gasteiger partial charge in [-0.3, -0.25) is 4.79 Å². The number of halogens is 1. The standard InChI is InChI=1S/C12H17ClN2O3/c13-11-7-10(18-15-11)1-2-12(16)14-5-3-9-4-6-17-8-9/h7,9H,1-6,8H2,(H,14,16)/t9-/m1/s1. The quantitative estimate of drug-likeness (QED) is 0.858. The van der Waals surface area contributed by atoms with Gasteiger partial charge in [-0.2, -0.15) is 0 Å². The Morgan fingerprint density at radius 3 is 3.17 bits per heavy atom. The van der Waals surface area contributed by atoms with Gasteiger partial charge in [0.05, 0.1) is 0 Å². The molecular weight excluding hydrogens is 256 g/mol. The first-order valence-electron chi connectivity index (χ1n) is 6.19. The van der Waals surface area contributed by atoms with Gasteiger partial charge in [-0.25, -0.2) is 0 Å². The van der Waals surface area contributed by atoms with Crippen molar-refractivity contribution in [3.05, 3.63) is 17.0 Å². The molecule has 0 bridgehead atoms. The van der Waals surface area contributed by atoms with E-state index < -0.39 is 0 Å². The zero-order chi connectivity index (χ0) is 12.8. The van der Waals surface area contributed by atoms with E-state index in [0.29, 0.717) is 36.2 Å². The number of ether oxygens (including phenoxy) is 1. The molecule has 1 aliphatic rings. The number of aromatic nitrogens is 1. The molecule has 0 unspecified atom stereocenters. The second-order valence-corrected chi connectivity index (χ2v) is 4.87. The molecule has 100 valence electrons. The highest BCUT2D eigenvalue weighted by Crippen LogP contribution is 2.15. The number of hydrogen-bond donors (Lipinski definition) is 1. The summed E-state index contributed by atoms with van der Waals surface area (Å²) in [6, 6.07) is 1.63. The van der Waals surface area contributed by atoms with Crippen molar-refractivity contribution < 1.29 is 14.1 Å². The summed E-state index contributed by atoms with van der Waals surface area (Å²) < 4.78 is 10.2. The Bertz CT molecular complexity index is 388. The Balaban J connectivity index is 1.57. The lowest BCUT2D eigenvalue weighted by molar-refractivity contribution is -0.121. The lowest BCUT2D eigenvalue weighted by Gasteiger charge is -2.08. The molecule has 1 N–H and O–H groups in total. The molecule has 2 rings (SSSR count). The number of nitrogens with zero attached hydrogens (tertiary/aromatic N) is 1. The van der Waals surface area contributed by atoms with Gasteiger partial charge in [-0.1, -0.05) is 16.8 Å². The van der Waals surface area contributed by atoms with Crippen molar-refractivity contribution in [3.8, 4) is 0 Å². The minimum atomic E-state index is 0.0291. The van der Waals surface area contributed by atoms with Crippen LogP contribution in [-0.4, -0.2) is 30.8 Å². The summed E-state index contributed by atoms with van der Waals surface area (Å²) in [5.41, 5.74) is 0. The zero-order valence-electron chi connectivity index (χ0n) is 10.2. The SMILES string of the molecule is O=C(CCc1cc(Cl)no1)NCC[C@@H]1CCOC1. The van der Waals surface area contributed by atoms with Crippen LogP contribution in [-0.2, 0) is 16.0 Å². The van der Waals surface area contributed by atoms with Crippen molar-refractivity contribution in [1.29, 1.82) is 0 Å². The fourth-order valence-corrected chi connectivity index (χ4v) is 2.11. The third kappa shape index (κ3) is 4.31. The van der Waals surface area contributed by atoms with Crippen LogP contribution in [0.1, 0.15) is 25.0 Å². The van der Waals surface area contributed by atoms with Crippen molar-refractivity contribution in [2.45, 2.75) is 25.7 Å². The van der Waals surface area contributed by atoms with E-state index in [4.69, 9.17) is 20.9 Å². The topological polar surface area (TPSA) is 64.4 Å². The summed E-state index contributed by atoms with van der Waals surface area (Å²) in [5.74, 6) is 1.26. The molecule has 0 aromatic carbocycles. The molecule has 1 aromatic heterocycles. The molecule has 0 spiro atoms. The van der Waals surface area contributed by atoms with Crippen molar-refractivity contribution in [2.24, 2.45) is 5.92 Å². The van der Waals surface area contributed by atoms with Gasteiger partial charge in [0.2, 0.25) is 5.91 Å². The first-order chi connectivity index (χ1) is 8.74. The van der Waals surface area contributed by atoms with Gasteiger partial charge < -0.3 is 14.6 Å². The Kier molecular flexibility index (Phi) is 5.01. The molecule has 1 aliphatic heterocycles. The summed E-state index contributed by atoms with van der Waals surface area (Å²) >= 11 is 5.61. The number of carbonyl (C=O) groups is 1. The van der Waals surface area contributed by atoms with Crippen molar-refractivity contribution in [1.82, 2.24) is 10.5 Å². The predicted molar refractivity (Wildman–Crippen MR) is 66.4 cm³/mol. The van der Waals surface area contributed by atoms with Crippen LogP contribution < -0.4 is 5.32 Å². The molecule has 5 nitrogen and oxygen atoms in total. The first kappa shape index (κ1) is 13.4. The molecule has 0 aliphatic carbocycles. The molecular formula is C12H17ClN2O3. The Labute approximate surface area is 111 Å². The van der Waals surface area contributed by atoms with Gasteiger partial charge in [0.25, 0.3) is 0 Å². The van der Waals surface area contributed by atoms with Crippen molar-refractivity contribution >= 4 is 17.5 Å². The molecule has 6 heteroatoms. The minimum absolute atomic E-state index is 0.0291. The van der Waals surface area contributed by atoms with Crippen LogP contribution in [0.25, 0.3) is 0 Å². The number of carbonyl (C=O) groups excluding carboxylic acids is 1. The lowest BCUT2D eigenvalue weighted by atomic mass is 10.1. The Morgan fingerprint density at radius 1 is 1.61 bits per heavy atom. The maximum Gasteiger partial charge on any atom is 0.220 e. The van der Waals surface area contributed by atoms with Crippen LogP contribution in [0.5, 0.6) is 0 Å². The number of amides is 1. The number of nitrogens with one attached hydrogen (secondary N) is 1. The smallest absolute Gasteiger partial charge is 0.220 e. The predicted octanol–water partition coefficient (Wildman–Crippen LogP) is 1.80. The van der Waals surface area contributed by atoms with Gasteiger partial charge >= 0.3 is 0 Å². The van der Waals surface area contributed by atoms with Gasteiger partial charge in [0.1, 0.15) is 5.76 Å². The lowest BCUT2D eigenvalue weighted by Crippen LogP contribution is -2.26. The summed E-state index contributed by atoms with van der Waals surface area (Å²) in [7, 11) is 0. The molecule has 1 amide bonds. The van der Waals surface area contributed by atoms with E-state index in [0.717, 1.165) is 26.1 Å². The van der Waals surface area contributed by atoms with Crippen LogP contribution in [0.4, 0.5) is 0 Å². The highest BCUT2D eigenvalue weighted by Gasteiger charge is 2.15. The Hall–Kier alpha value is -1.07. The fourth-order valence-electron chi connectivity index (χ4n) is 1.96. The van der Waals surface area contributed by atoms with Crippen LogP contribution in [0.2, 0.25) is 5.15 Å². The Morgan fingerprint density at radius 2 is 2.50 bits per heavy atom. The van der Waals surface area contributed by atoms with Crippen LogP contribution in [0.3, 0.4) is 0 Å². The van der Waals surface area contributed by atoms with E-state index in [1.165, 1.54) is 0 Å². The molecule has 1 saturated heterocycles. The van der Waals surface area contributed by atoms with E-state index in [-0.39, 0.29) is 5.91 Å². The minimum Gasteiger partial charge on any atom is -0.381 e. The van der Waals surface area contributed by atoms with Crippen LogP contribution >= 0.6 is 11.6 Å². The summed E-state index contributed by atoms with van der Waals surface area (Å²) in [4.78, 5) is 11.6. The van der Waals surface area contributed by atoms with Crippen molar-refractivity contribution in [3.63, 3.8) is 0 Å². The molecule has 0 saturated carbocycles. The number of hydrogen-bond acceptors (Lipinski definition) is 4. The average molecular weight is 273 g/mol. The van der Waals surface area contributed by atoms with Crippen LogP contribution in [0.15, 0.2) is 10.6 Å². The highest BCUT2D eigenvalue weighted by molar-refractivity contribution is 6.29. The maximum absolute atomic E-state index is 11.6. The maximum atomic E-state index is 11.6. The van der Waals surface area contributed by atoms with E-state index in [2.05, 4.69) is 10.5 Å². The molecule has 1 fully saturated rings. The van der Waals surface area contributed by atoms with Gasteiger partial charge in [0.15, 0.2) is 5.15 Å². The summed E-state index contributed by atoms with van der Waals surface area (Å²) in [5, 5.41) is 6.78. The highest BCUT2D eigenvalue weighted by atomic mass is 35.5. The fraction of sp³-hybridized carbons (Fsp3) is 0.667. The number of aryl methyl sites for hydroxylation is 1. The monoisotopic (exact) mass is 272 g/mol. The normalized spacial score (nSPS) is 19.1. The molecule has 1 atom stereocenters. The average Bonchev–Trinajstić information content (AvgIpc) is 2.98. The van der Waals surface area contributed by atoms with Crippen molar-refractivity contribution in [2.75, 3.05) is 19.8 Å². The zero-order valence-corrected chi connectivity index (χ0v) is 10.9. The molecule has 1 aromatic rings. The second kappa shape index (κ2) is 6.75. The largest absolute Gasteiger partial charge is 0.381 e. The van der Waals surface area contributed by atoms with Gasteiger partial charge in [-0.05, 0) is 18.8 Å². The number of rotatable bonds is 6. The first-order valence-corrected chi connectivity index (χ1v) is 6.57. The van der Waals surface area contributed by atoms with E-state index >= 15 is 0 Å². The molecule has 2 heterocycles. The third-order valence-electron chi connectivity index (χ3n) is 3.03. The van der Waals surface area contributed by atoms with E-state index in [1.807, 2.05) is 0 Å². The summed E-state index contributed by atoms with van der Waals surface area (Å²) in [6.45, 7) is 2.39.